The van der Waals surface area contributed by atoms with Crippen molar-refractivity contribution in [3.63, 3.8) is 0 Å². The lowest BCUT2D eigenvalue weighted by atomic mass is 10.1. The molecular weight excluding hydrogens is 242 g/mol. The lowest BCUT2D eigenvalue weighted by Gasteiger charge is -2.09. The van der Waals surface area contributed by atoms with E-state index in [1.165, 1.54) is 0 Å². The first-order valence-corrected chi connectivity index (χ1v) is 6.28. The molecule has 1 unspecified atom stereocenters. The molecule has 0 fully saturated rings. The van der Waals surface area contributed by atoms with Gasteiger partial charge >= 0.3 is 0 Å². The van der Waals surface area contributed by atoms with Crippen LogP contribution < -0.4 is 10.1 Å². The van der Waals surface area contributed by atoms with E-state index < -0.39 is 0 Å². The van der Waals surface area contributed by atoms with Gasteiger partial charge < -0.3 is 15.2 Å². The van der Waals surface area contributed by atoms with Gasteiger partial charge in [-0.25, -0.2) is 0 Å². The average molecular weight is 263 g/mol. The Balaban J connectivity index is 2.67. The van der Waals surface area contributed by atoms with Gasteiger partial charge in [0.2, 0.25) is 5.91 Å². The number of carbonyl (C=O) groups is 1. The molecule has 0 radical (unpaired) electrons. The molecule has 0 bridgehead atoms. The summed E-state index contributed by atoms with van der Waals surface area (Å²) in [4.78, 5) is 11.7. The summed E-state index contributed by atoms with van der Waals surface area (Å²) in [5, 5.41) is 11.6. The quantitative estimate of drug-likeness (QED) is 0.770. The Hall–Kier alpha value is -1.81. The van der Waals surface area contributed by atoms with Crippen LogP contribution in [0.15, 0.2) is 30.3 Å². The molecule has 0 aliphatic heterocycles. The largest absolute Gasteiger partial charge is 0.497 e. The van der Waals surface area contributed by atoms with Crippen LogP contribution in [0, 0.1) is 5.92 Å². The second kappa shape index (κ2) is 7.59. The molecule has 0 heterocycles. The Morgan fingerprint density at radius 3 is 2.89 bits per heavy atom. The Morgan fingerprint density at radius 2 is 2.26 bits per heavy atom. The fraction of sp³-hybridized carbons (Fsp3) is 0.400. The van der Waals surface area contributed by atoms with E-state index in [2.05, 4.69) is 5.32 Å². The van der Waals surface area contributed by atoms with Gasteiger partial charge in [0, 0.05) is 19.2 Å². The highest BCUT2D eigenvalue weighted by Gasteiger charge is 2.04. The van der Waals surface area contributed by atoms with Crippen LogP contribution in [0.2, 0.25) is 0 Å². The molecule has 1 rings (SSSR count). The third kappa shape index (κ3) is 5.14. The van der Waals surface area contributed by atoms with E-state index in [1.54, 1.807) is 13.2 Å². The van der Waals surface area contributed by atoms with Crippen LogP contribution in [0.25, 0.3) is 5.57 Å². The first kappa shape index (κ1) is 15.2. The Kier molecular flexibility index (Phi) is 6.09. The van der Waals surface area contributed by atoms with Crippen molar-refractivity contribution in [2.75, 3.05) is 20.3 Å². The van der Waals surface area contributed by atoms with Crippen molar-refractivity contribution < 1.29 is 14.6 Å². The molecule has 4 heteroatoms. The number of hydrogen-bond acceptors (Lipinski definition) is 3. The predicted octanol–water partition coefficient (Wildman–Crippen LogP) is 1.84. The molecule has 0 aliphatic carbocycles. The van der Waals surface area contributed by atoms with Gasteiger partial charge in [0.15, 0.2) is 0 Å². The second-order valence-corrected chi connectivity index (χ2v) is 4.59. The van der Waals surface area contributed by atoms with Crippen molar-refractivity contribution in [1.82, 2.24) is 5.32 Å². The molecule has 1 aromatic rings. The van der Waals surface area contributed by atoms with Gasteiger partial charge in [-0.3, -0.25) is 4.79 Å². The Bertz CT molecular complexity index is 454. The van der Waals surface area contributed by atoms with Crippen LogP contribution in [0.4, 0.5) is 0 Å². The van der Waals surface area contributed by atoms with Gasteiger partial charge in [0.25, 0.3) is 0 Å². The summed E-state index contributed by atoms with van der Waals surface area (Å²) >= 11 is 0. The first-order chi connectivity index (χ1) is 9.06. The number of hydrogen-bond donors (Lipinski definition) is 2. The second-order valence-electron chi connectivity index (χ2n) is 4.59. The molecule has 1 aromatic carbocycles. The predicted molar refractivity (Wildman–Crippen MR) is 75.9 cm³/mol. The molecule has 0 aromatic heterocycles. The zero-order chi connectivity index (χ0) is 14.3. The van der Waals surface area contributed by atoms with Crippen LogP contribution in [-0.2, 0) is 4.79 Å². The van der Waals surface area contributed by atoms with Crippen LogP contribution in [-0.4, -0.2) is 31.3 Å². The number of nitrogens with one attached hydrogen (secondary N) is 1. The zero-order valence-corrected chi connectivity index (χ0v) is 11.6. The Labute approximate surface area is 114 Å². The van der Waals surface area contributed by atoms with Crippen LogP contribution >= 0.6 is 0 Å². The number of aliphatic hydroxyl groups excluding tert-OH is 1. The third-order valence-electron chi connectivity index (χ3n) is 2.81. The van der Waals surface area contributed by atoms with Crippen LogP contribution in [0.3, 0.4) is 0 Å². The van der Waals surface area contributed by atoms with E-state index in [-0.39, 0.29) is 18.4 Å². The van der Waals surface area contributed by atoms with Gasteiger partial charge in [0.05, 0.1) is 7.11 Å². The highest BCUT2D eigenvalue weighted by molar-refractivity contribution is 5.94. The fourth-order valence-corrected chi connectivity index (χ4v) is 1.54. The number of allylic oxidation sites excluding steroid dienone is 1. The lowest BCUT2D eigenvalue weighted by molar-refractivity contribution is -0.116. The van der Waals surface area contributed by atoms with Crippen molar-refractivity contribution in [3.05, 3.63) is 35.9 Å². The van der Waals surface area contributed by atoms with Gasteiger partial charge in [-0.2, -0.15) is 0 Å². The minimum absolute atomic E-state index is 0.0643. The maximum absolute atomic E-state index is 11.7. The summed E-state index contributed by atoms with van der Waals surface area (Å²) in [6, 6.07) is 7.56. The maximum atomic E-state index is 11.7. The molecule has 2 N–H and O–H groups in total. The molecule has 1 atom stereocenters. The van der Waals surface area contributed by atoms with E-state index in [9.17, 15) is 4.79 Å². The van der Waals surface area contributed by atoms with Crippen molar-refractivity contribution in [1.29, 1.82) is 0 Å². The monoisotopic (exact) mass is 263 g/mol. The molecule has 0 spiro atoms. The lowest BCUT2D eigenvalue weighted by Crippen LogP contribution is -2.28. The number of carbonyl (C=O) groups excluding carboxylic acids is 1. The molecule has 0 saturated heterocycles. The SMILES string of the molecule is COc1cccc(/C(C)=C/C(=O)NCC(C)CO)c1. The molecule has 0 saturated carbocycles. The average Bonchev–Trinajstić information content (AvgIpc) is 2.44. The summed E-state index contributed by atoms with van der Waals surface area (Å²) < 4.78 is 5.15. The minimum atomic E-state index is -0.152. The van der Waals surface area contributed by atoms with E-state index in [4.69, 9.17) is 9.84 Å². The molecule has 104 valence electrons. The van der Waals surface area contributed by atoms with E-state index in [0.29, 0.717) is 6.54 Å². The first-order valence-electron chi connectivity index (χ1n) is 6.28. The Morgan fingerprint density at radius 1 is 1.53 bits per heavy atom. The number of aliphatic hydroxyl groups is 1. The highest BCUT2D eigenvalue weighted by Crippen LogP contribution is 2.19. The fourth-order valence-electron chi connectivity index (χ4n) is 1.54. The van der Waals surface area contributed by atoms with Crippen molar-refractivity contribution >= 4 is 11.5 Å². The normalized spacial score (nSPS) is 12.9. The van der Waals surface area contributed by atoms with Crippen molar-refractivity contribution in [2.45, 2.75) is 13.8 Å². The molecule has 4 nitrogen and oxygen atoms in total. The molecule has 19 heavy (non-hydrogen) atoms. The van der Waals surface area contributed by atoms with Gasteiger partial charge in [-0.05, 0) is 36.1 Å². The van der Waals surface area contributed by atoms with E-state index >= 15 is 0 Å². The summed E-state index contributed by atoms with van der Waals surface area (Å²) in [5.74, 6) is 0.676. The number of amides is 1. The van der Waals surface area contributed by atoms with E-state index in [1.807, 2.05) is 38.1 Å². The zero-order valence-electron chi connectivity index (χ0n) is 11.6. The van der Waals surface area contributed by atoms with Gasteiger partial charge in [-0.15, -0.1) is 0 Å². The summed E-state index contributed by atoms with van der Waals surface area (Å²) in [6.45, 7) is 4.29. The number of rotatable bonds is 6. The van der Waals surface area contributed by atoms with E-state index in [0.717, 1.165) is 16.9 Å². The van der Waals surface area contributed by atoms with Gasteiger partial charge in [-0.1, -0.05) is 19.1 Å². The number of benzene rings is 1. The number of ether oxygens (including phenoxy) is 1. The molecule has 1 amide bonds. The van der Waals surface area contributed by atoms with Crippen molar-refractivity contribution in [3.8, 4) is 5.75 Å². The minimum Gasteiger partial charge on any atom is -0.497 e. The summed E-state index contributed by atoms with van der Waals surface area (Å²) in [7, 11) is 1.61. The maximum Gasteiger partial charge on any atom is 0.244 e. The van der Waals surface area contributed by atoms with Crippen molar-refractivity contribution in [2.24, 2.45) is 5.92 Å². The van der Waals surface area contributed by atoms with Crippen LogP contribution in [0.5, 0.6) is 5.75 Å². The van der Waals surface area contributed by atoms with Gasteiger partial charge in [0.1, 0.15) is 5.75 Å². The number of methoxy groups -OCH3 is 1. The summed E-state index contributed by atoms with van der Waals surface area (Å²) in [6.07, 6.45) is 1.55. The smallest absolute Gasteiger partial charge is 0.244 e. The standard InChI is InChI=1S/C15H21NO3/c1-11(10-17)9-16-15(18)7-12(2)13-5-4-6-14(8-13)19-3/h4-8,11,17H,9-10H2,1-3H3,(H,16,18)/b12-7+. The topological polar surface area (TPSA) is 58.6 Å². The molecular formula is C15H21NO3. The third-order valence-corrected chi connectivity index (χ3v) is 2.81. The molecule has 0 aliphatic rings. The summed E-state index contributed by atoms with van der Waals surface area (Å²) in [5.41, 5.74) is 1.82. The van der Waals surface area contributed by atoms with Crippen LogP contribution in [0.1, 0.15) is 19.4 Å². The highest BCUT2D eigenvalue weighted by atomic mass is 16.5.